The smallest absolute Gasteiger partial charge is 0.238 e. The van der Waals surface area contributed by atoms with Gasteiger partial charge in [0.05, 0.1) is 32.7 Å². The number of nitrogens with zero attached hydrogens (tertiary/aromatic N) is 3. The number of hydrogen-bond acceptors (Lipinski definition) is 7. The van der Waals surface area contributed by atoms with Crippen LogP contribution in [0.2, 0.25) is 0 Å². The van der Waals surface area contributed by atoms with Crippen molar-refractivity contribution in [3.05, 3.63) is 83.9 Å². The van der Waals surface area contributed by atoms with Gasteiger partial charge in [0.15, 0.2) is 0 Å². The van der Waals surface area contributed by atoms with Crippen LogP contribution >= 0.6 is 11.3 Å². The first kappa shape index (κ1) is 21.1. The maximum absolute atomic E-state index is 11.5. The Morgan fingerprint density at radius 3 is 2.52 bits per heavy atom. The molecule has 0 unspecified atom stereocenters. The van der Waals surface area contributed by atoms with E-state index in [1.165, 1.54) is 12.1 Å². The van der Waals surface area contributed by atoms with Gasteiger partial charge in [-0.2, -0.15) is 0 Å². The maximum Gasteiger partial charge on any atom is 0.238 e. The third-order valence-electron chi connectivity index (χ3n) is 5.15. The Hall–Kier alpha value is -3.73. The van der Waals surface area contributed by atoms with Crippen LogP contribution < -0.4 is 10.5 Å². The number of hydrogen-bond donors (Lipinski definition) is 3. The van der Waals surface area contributed by atoms with Gasteiger partial charge in [-0.3, -0.25) is 0 Å². The molecule has 0 fully saturated rings. The van der Waals surface area contributed by atoms with Crippen LogP contribution in [0.25, 0.3) is 27.0 Å². The minimum absolute atomic E-state index is 0.0297. The highest BCUT2D eigenvalue weighted by atomic mass is 32.2. The molecular formula is C23H19N5O3S2. The van der Waals surface area contributed by atoms with Crippen molar-refractivity contribution in [2.45, 2.75) is 11.4 Å². The van der Waals surface area contributed by atoms with E-state index in [-0.39, 0.29) is 10.7 Å². The number of primary sulfonamides is 1. The SMILES string of the molecule is C=C(O)c1ccc2c(c1)nc(Nc1ccc(S(N)(=O)=O)cc1)n2Cc1nc2ccccc2s1. The molecule has 4 N–H and O–H groups in total. The Labute approximate surface area is 193 Å². The van der Waals surface area contributed by atoms with Gasteiger partial charge in [-0.15, -0.1) is 11.3 Å². The summed E-state index contributed by atoms with van der Waals surface area (Å²) in [5.41, 5.74) is 3.69. The van der Waals surface area contributed by atoms with Gasteiger partial charge in [0.25, 0.3) is 0 Å². The monoisotopic (exact) mass is 477 g/mol. The fourth-order valence-electron chi connectivity index (χ4n) is 3.54. The van der Waals surface area contributed by atoms with Gasteiger partial charge in [-0.25, -0.2) is 23.5 Å². The molecule has 5 rings (SSSR count). The molecule has 5 aromatic rings. The molecule has 0 aliphatic heterocycles. The summed E-state index contributed by atoms with van der Waals surface area (Å²) in [7, 11) is -3.77. The average Bonchev–Trinajstić information content (AvgIpc) is 3.34. The lowest BCUT2D eigenvalue weighted by molar-refractivity contribution is 0.514. The summed E-state index contributed by atoms with van der Waals surface area (Å²) in [6, 6.07) is 19.5. The predicted molar refractivity (Wildman–Crippen MR) is 131 cm³/mol. The van der Waals surface area contributed by atoms with Crippen molar-refractivity contribution in [2.75, 3.05) is 5.32 Å². The summed E-state index contributed by atoms with van der Waals surface area (Å²) < 4.78 is 26.2. The molecule has 0 aliphatic carbocycles. The third-order valence-corrected chi connectivity index (χ3v) is 7.10. The van der Waals surface area contributed by atoms with Gasteiger partial charge >= 0.3 is 0 Å². The number of fused-ring (bicyclic) bond motifs is 2. The number of thiazole rings is 1. The molecular weight excluding hydrogens is 458 g/mol. The zero-order chi connectivity index (χ0) is 23.2. The van der Waals surface area contributed by atoms with Gasteiger partial charge < -0.3 is 15.0 Å². The molecule has 8 nitrogen and oxygen atoms in total. The lowest BCUT2D eigenvalue weighted by Gasteiger charge is -2.10. The molecule has 0 bridgehead atoms. The number of rotatable bonds is 6. The lowest BCUT2D eigenvalue weighted by atomic mass is 10.2. The first-order valence-corrected chi connectivity index (χ1v) is 12.3. The molecule has 2 heterocycles. The van der Waals surface area contributed by atoms with Crippen LogP contribution in [0.4, 0.5) is 11.6 Å². The fraction of sp³-hybridized carbons (Fsp3) is 0.0435. The van der Waals surface area contributed by atoms with Crippen LogP contribution in [0, 0.1) is 0 Å². The van der Waals surface area contributed by atoms with E-state index in [0.717, 1.165) is 20.7 Å². The van der Waals surface area contributed by atoms with E-state index in [4.69, 9.17) is 15.1 Å². The molecule has 2 aromatic heterocycles. The Balaban J connectivity index is 1.57. The number of imidazole rings is 1. The Kier molecular flexibility index (Phi) is 5.12. The van der Waals surface area contributed by atoms with Gasteiger partial charge in [-0.05, 0) is 54.6 Å². The molecule has 0 radical (unpaired) electrons. The predicted octanol–water partition coefficient (Wildman–Crippen LogP) is 4.61. The van der Waals surface area contributed by atoms with Crippen LogP contribution in [0.5, 0.6) is 0 Å². The minimum atomic E-state index is -3.77. The normalized spacial score (nSPS) is 11.8. The van der Waals surface area contributed by atoms with Gasteiger partial charge in [0.1, 0.15) is 10.8 Å². The van der Waals surface area contributed by atoms with Crippen LogP contribution in [0.1, 0.15) is 10.6 Å². The van der Waals surface area contributed by atoms with Gasteiger partial charge in [0.2, 0.25) is 16.0 Å². The topological polar surface area (TPSA) is 123 Å². The van der Waals surface area contributed by atoms with E-state index in [1.807, 2.05) is 34.9 Å². The van der Waals surface area contributed by atoms with Crippen molar-refractivity contribution in [3.63, 3.8) is 0 Å². The number of aromatic nitrogens is 3. The van der Waals surface area contributed by atoms with Crippen LogP contribution in [-0.2, 0) is 16.6 Å². The summed E-state index contributed by atoms with van der Waals surface area (Å²) in [5, 5.41) is 19.1. The second-order valence-corrected chi connectivity index (χ2v) is 10.1. The highest BCUT2D eigenvalue weighted by molar-refractivity contribution is 7.89. The quantitative estimate of drug-likeness (QED) is 0.307. The van der Waals surface area contributed by atoms with E-state index in [1.54, 1.807) is 35.6 Å². The number of aliphatic hydroxyl groups is 1. The van der Waals surface area contributed by atoms with Crippen LogP contribution in [0.15, 0.2) is 78.2 Å². The van der Waals surface area contributed by atoms with Crippen molar-refractivity contribution in [1.82, 2.24) is 14.5 Å². The average molecular weight is 478 g/mol. The summed E-state index contributed by atoms with van der Waals surface area (Å²) in [6.45, 7) is 4.07. The molecule has 0 saturated heterocycles. The van der Waals surface area contributed by atoms with Crippen LogP contribution in [0.3, 0.4) is 0 Å². The zero-order valence-corrected chi connectivity index (χ0v) is 18.9. The number of aliphatic hydroxyl groups excluding tert-OH is 1. The molecule has 33 heavy (non-hydrogen) atoms. The number of anilines is 2. The number of nitrogens with two attached hydrogens (primary N) is 1. The van der Waals surface area contributed by atoms with Crippen LogP contribution in [-0.4, -0.2) is 28.1 Å². The second-order valence-electron chi connectivity index (χ2n) is 7.44. The first-order valence-electron chi connectivity index (χ1n) is 9.91. The minimum Gasteiger partial charge on any atom is -0.508 e. The largest absolute Gasteiger partial charge is 0.508 e. The van der Waals surface area contributed by atoms with E-state index < -0.39 is 10.0 Å². The van der Waals surface area contributed by atoms with Crippen molar-refractivity contribution < 1.29 is 13.5 Å². The van der Waals surface area contributed by atoms with E-state index >= 15 is 0 Å². The molecule has 0 aliphatic rings. The van der Waals surface area contributed by atoms with Crippen molar-refractivity contribution in [2.24, 2.45) is 5.14 Å². The van der Waals surface area contributed by atoms with Gasteiger partial charge in [-0.1, -0.05) is 18.7 Å². The molecule has 10 heteroatoms. The number of benzene rings is 3. The molecule has 0 saturated carbocycles. The fourth-order valence-corrected chi connectivity index (χ4v) is 5.02. The van der Waals surface area contributed by atoms with Gasteiger partial charge in [0, 0.05) is 11.3 Å². The van der Waals surface area contributed by atoms with E-state index in [2.05, 4.69) is 11.9 Å². The lowest BCUT2D eigenvalue weighted by Crippen LogP contribution is -2.12. The number of nitrogens with one attached hydrogen (secondary N) is 1. The zero-order valence-electron chi connectivity index (χ0n) is 17.3. The highest BCUT2D eigenvalue weighted by Gasteiger charge is 2.15. The standard InChI is InChI=1S/C23H19N5O3S2/c1-14(29)15-6-11-20-19(12-15)27-23(25-16-7-9-17(10-8-16)33(24,30)31)28(20)13-22-26-18-4-2-3-5-21(18)32-22/h2-12,29H,1,13H2,(H,25,27)(H2,24,30,31). The summed E-state index contributed by atoms with van der Waals surface area (Å²) >= 11 is 1.61. The summed E-state index contributed by atoms with van der Waals surface area (Å²) in [4.78, 5) is 9.47. The first-order chi connectivity index (χ1) is 15.8. The Morgan fingerprint density at radius 1 is 1.06 bits per heavy atom. The van der Waals surface area contributed by atoms with Crippen molar-refractivity contribution in [3.8, 4) is 0 Å². The van der Waals surface area contributed by atoms with E-state index in [9.17, 15) is 13.5 Å². The second kappa shape index (κ2) is 8.00. The maximum atomic E-state index is 11.5. The summed E-state index contributed by atoms with van der Waals surface area (Å²) in [6.07, 6.45) is 0. The number of sulfonamides is 1. The molecule has 0 atom stereocenters. The Bertz CT molecular complexity index is 1590. The van der Waals surface area contributed by atoms with Crippen molar-refractivity contribution in [1.29, 1.82) is 0 Å². The number of para-hydroxylation sites is 1. The Morgan fingerprint density at radius 2 is 1.82 bits per heavy atom. The highest BCUT2D eigenvalue weighted by Crippen LogP contribution is 2.29. The molecule has 0 spiro atoms. The molecule has 0 amide bonds. The summed E-state index contributed by atoms with van der Waals surface area (Å²) in [5.74, 6) is 0.513. The van der Waals surface area contributed by atoms with Crippen molar-refractivity contribution >= 4 is 60.0 Å². The molecule has 3 aromatic carbocycles. The third kappa shape index (κ3) is 4.19. The van der Waals surface area contributed by atoms with E-state index in [0.29, 0.717) is 29.3 Å². The molecule has 166 valence electrons.